The molecule has 0 radical (unpaired) electrons. The third kappa shape index (κ3) is 4.14. The molecule has 0 aliphatic heterocycles. The summed E-state index contributed by atoms with van der Waals surface area (Å²) in [5.74, 6) is 0.802. The summed E-state index contributed by atoms with van der Waals surface area (Å²) in [5.41, 5.74) is 2.01. The maximum atomic E-state index is 13.5. The van der Waals surface area contributed by atoms with Gasteiger partial charge in [-0.2, -0.15) is 0 Å². The van der Waals surface area contributed by atoms with Crippen molar-refractivity contribution < 1.29 is 13.9 Å². The first-order chi connectivity index (χ1) is 15.0. The van der Waals surface area contributed by atoms with Gasteiger partial charge in [-0.25, -0.2) is 9.37 Å². The van der Waals surface area contributed by atoms with Gasteiger partial charge in [0.1, 0.15) is 5.82 Å². The number of benzene rings is 3. The van der Waals surface area contributed by atoms with Crippen LogP contribution in [-0.4, -0.2) is 23.8 Å². The van der Waals surface area contributed by atoms with Gasteiger partial charge in [-0.1, -0.05) is 36.0 Å². The molecule has 0 saturated carbocycles. The fraction of sp³-hybridized carbons (Fsp3) is 0.167. The van der Waals surface area contributed by atoms with E-state index in [0.717, 1.165) is 5.56 Å². The lowest BCUT2D eigenvalue weighted by molar-refractivity contribution is 0.354. The second-order valence-electron chi connectivity index (χ2n) is 6.90. The van der Waals surface area contributed by atoms with Crippen molar-refractivity contribution in [3.05, 3.63) is 88.5 Å². The summed E-state index contributed by atoms with van der Waals surface area (Å²) in [5, 5.41) is 1.00. The number of halogens is 1. The molecule has 1 atom stereocenters. The molecule has 4 rings (SSSR count). The molecule has 0 aliphatic rings. The van der Waals surface area contributed by atoms with E-state index in [0.29, 0.717) is 33.2 Å². The van der Waals surface area contributed by atoms with Crippen LogP contribution in [0.2, 0.25) is 0 Å². The number of ether oxygens (including phenoxy) is 2. The van der Waals surface area contributed by atoms with Gasteiger partial charge in [0.2, 0.25) is 0 Å². The average molecular weight is 437 g/mol. The minimum absolute atomic E-state index is 0.0555. The van der Waals surface area contributed by atoms with Gasteiger partial charge < -0.3 is 9.47 Å². The van der Waals surface area contributed by atoms with E-state index in [9.17, 15) is 9.18 Å². The Kier molecular flexibility index (Phi) is 5.95. The molecule has 0 bridgehead atoms. The fourth-order valence-electron chi connectivity index (χ4n) is 3.34. The third-order valence-electron chi connectivity index (χ3n) is 4.99. The molecule has 5 nitrogen and oxygen atoms in total. The lowest BCUT2D eigenvalue weighted by Gasteiger charge is -2.18. The zero-order valence-electron chi connectivity index (χ0n) is 17.3. The van der Waals surface area contributed by atoms with Crippen LogP contribution in [0.3, 0.4) is 0 Å². The molecule has 0 saturated heterocycles. The third-order valence-corrected chi connectivity index (χ3v) is 6.10. The predicted molar refractivity (Wildman–Crippen MR) is 121 cm³/mol. The van der Waals surface area contributed by atoms with Gasteiger partial charge in [0.15, 0.2) is 16.7 Å². The summed E-state index contributed by atoms with van der Waals surface area (Å²) in [4.78, 5) is 18.2. The van der Waals surface area contributed by atoms with Gasteiger partial charge in [0.25, 0.3) is 5.56 Å². The van der Waals surface area contributed by atoms with E-state index in [1.165, 1.54) is 23.9 Å². The van der Waals surface area contributed by atoms with Crippen LogP contribution in [0, 0.1) is 5.82 Å². The van der Waals surface area contributed by atoms with Gasteiger partial charge >= 0.3 is 0 Å². The highest BCUT2D eigenvalue weighted by Gasteiger charge is 2.18. The van der Waals surface area contributed by atoms with Crippen molar-refractivity contribution in [1.82, 2.24) is 9.55 Å². The summed E-state index contributed by atoms with van der Waals surface area (Å²) in [6, 6.07) is 18.9. The monoisotopic (exact) mass is 436 g/mol. The van der Waals surface area contributed by atoms with E-state index in [4.69, 9.17) is 14.5 Å². The van der Waals surface area contributed by atoms with Gasteiger partial charge in [0, 0.05) is 11.3 Å². The van der Waals surface area contributed by atoms with Crippen LogP contribution < -0.4 is 15.0 Å². The maximum Gasteiger partial charge on any atom is 0.266 e. The fourth-order valence-corrected chi connectivity index (χ4v) is 4.40. The van der Waals surface area contributed by atoms with Gasteiger partial charge in [-0.05, 0) is 48.9 Å². The normalized spacial score (nSPS) is 12.0. The Morgan fingerprint density at radius 3 is 2.39 bits per heavy atom. The molecule has 158 valence electrons. The Labute approximate surface area is 183 Å². The summed E-state index contributed by atoms with van der Waals surface area (Å²) in [7, 11) is 3.11. The van der Waals surface area contributed by atoms with Crippen molar-refractivity contribution in [3.63, 3.8) is 0 Å². The van der Waals surface area contributed by atoms with Crippen LogP contribution in [0.4, 0.5) is 4.39 Å². The van der Waals surface area contributed by atoms with Crippen molar-refractivity contribution in [2.75, 3.05) is 14.2 Å². The largest absolute Gasteiger partial charge is 0.493 e. The molecule has 0 N–H and O–H groups in total. The zero-order chi connectivity index (χ0) is 22.0. The molecular weight excluding hydrogens is 415 g/mol. The van der Waals surface area contributed by atoms with E-state index in [2.05, 4.69) is 0 Å². The summed E-state index contributed by atoms with van der Waals surface area (Å²) < 4.78 is 25.7. The molecule has 0 spiro atoms. The van der Waals surface area contributed by atoms with Gasteiger partial charge in [-0.15, -0.1) is 0 Å². The number of aromatic nitrogens is 2. The number of nitrogens with zero attached hydrogens (tertiary/aromatic N) is 2. The number of rotatable bonds is 6. The van der Waals surface area contributed by atoms with E-state index in [1.807, 2.05) is 25.1 Å². The van der Waals surface area contributed by atoms with Crippen LogP contribution in [0.25, 0.3) is 16.6 Å². The highest BCUT2D eigenvalue weighted by molar-refractivity contribution is 7.99. The SMILES string of the molecule is COc1ccc(-n2c(SC(C)c3ccc(F)cc3)nc3ccccc3c2=O)cc1OC. The topological polar surface area (TPSA) is 53.4 Å². The standard InChI is InChI=1S/C24H21FN2O3S/c1-15(16-8-10-17(25)11-9-16)31-24-26-20-7-5-4-6-19(20)23(28)27(24)18-12-13-21(29-2)22(14-18)30-3/h4-15H,1-3H3. The number of hydrogen-bond acceptors (Lipinski definition) is 5. The molecule has 1 unspecified atom stereocenters. The molecule has 31 heavy (non-hydrogen) atoms. The Balaban J connectivity index is 1.88. The number of methoxy groups -OCH3 is 2. The molecular formula is C24H21FN2O3S. The van der Waals surface area contributed by atoms with Crippen LogP contribution in [0.1, 0.15) is 17.7 Å². The van der Waals surface area contributed by atoms with Crippen molar-refractivity contribution in [1.29, 1.82) is 0 Å². The van der Waals surface area contributed by atoms with E-state index in [-0.39, 0.29) is 16.6 Å². The number of para-hydroxylation sites is 1. The van der Waals surface area contributed by atoms with E-state index >= 15 is 0 Å². The highest BCUT2D eigenvalue weighted by atomic mass is 32.2. The highest BCUT2D eigenvalue weighted by Crippen LogP contribution is 2.36. The van der Waals surface area contributed by atoms with Gasteiger partial charge in [0.05, 0.1) is 30.8 Å². The Bertz CT molecular complexity index is 1290. The molecule has 0 amide bonds. The first-order valence-electron chi connectivity index (χ1n) is 9.68. The Hall–Kier alpha value is -3.32. The van der Waals surface area contributed by atoms with E-state index < -0.39 is 0 Å². The molecule has 0 aliphatic carbocycles. The Morgan fingerprint density at radius 1 is 0.968 bits per heavy atom. The summed E-state index contributed by atoms with van der Waals surface area (Å²) >= 11 is 1.43. The second-order valence-corrected chi connectivity index (χ2v) is 8.21. The first kappa shape index (κ1) is 20.9. The lowest BCUT2D eigenvalue weighted by atomic mass is 10.2. The van der Waals surface area contributed by atoms with Crippen molar-refractivity contribution in [3.8, 4) is 17.2 Å². The van der Waals surface area contributed by atoms with Crippen LogP contribution in [0.5, 0.6) is 11.5 Å². The second kappa shape index (κ2) is 8.81. The number of hydrogen-bond donors (Lipinski definition) is 0. The molecule has 1 aromatic heterocycles. The zero-order valence-corrected chi connectivity index (χ0v) is 18.2. The van der Waals surface area contributed by atoms with E-state index in [1.54, 1.807) is 55.2 Å². The van der Waals surface area contributed by atoms with Crippen LogP contribution in [0.15, 0.2) is 76.7 Å². The smallest absolute Gasteiger partial charge is 0.266 e. The molecule has 7 heteroatoms. The lowest BCUT2D eigenvalue weighted by Crippen LogP contribution is -2.22. The minimum atomic E-state index is -0.285. The van der Waals surface area contributed by atoms with Crippen LogP contribution >= 0.6 is 11.8 Å². The molecule has 1 heterocycles. The van der Waals surface area contributed by atoms with Crippen molar-refractivity contribution in [2.24, 2.45) is 0 Å². The average Bonchev–Trinajstić information content (AvgIpc) is 2.79. The summed E-state index contributed by atoms with van der Waals surface area (Å²) in [6.45, 7) is 2.00. The van der Waals surface area contributed by atoms with Crippen molar-refractivity contribution >= 4 is 22.7 Å². The maximum absolute atomic E-state index is 13.5. The Morgan fingerprint density at radius 2 is 1.68 bits per heavy atom. The molecule has 0 fully saturated rings. The minimum Gasteiger partial charge on any atom is -0.493 e. The quantitative estimate of drug-likeness (QED) is 0.299. The van der Waals surface area contributed by atoms with Gasteiger partial charge in [-0.3, -0.25) is 9.36 Å². The predicted octanol–water partition coefficient (Wildman–Crippen LogP) is 5.40. The van der Waals surface area contributed by atoms with Crippen molar-refractivity contribution in [2.45, 2.75) is 17.3 Å². The molecule has 4 aromatic rings. The molecule has 3 aromatic carbocycles. The number of fused-ring (bicyclic) bond motifs is 1. The number of thioether (sulfide) groups is 1. The first-order valence-corrected chi connectivity index (χ1v) is 10.6. The summed E-state index contributed by atoms with van der Waals surface area (Å²) in [6.07, 6.45) is 0. The van der Waals surface area contributed by atoms with Crippen LogP contribution in [-0.2, 0) is 0 Å².